The highest BCUT2D eigenvalue weighted by molar-refractivity contribution is 9.10. The fourth-order valence-corrected chi connectivity index (χ4v) is 3.92. The van der Waals surface area contributed by atoms with E-state index in [1.54, 1.807) is 16.7 Å². The molecular formula is C20H16BrClN6O. The summed E-state index contributed by atoms with van der Waals surface area (Å²) in [4.78, 5) is 10.9. The summed E-state index contributed by atoms with van der Waals surface area (Å²) in [6.07, 6.45) is 8.46. The van der Waals surface area contributed by atoms with E-state index in [4.69, 9.17) is 11.6 Å². The molecule has 9 heteroatoms. The van der Waals surface area contributed by atoms with E-state index in [0.29, 0.717) is 39.6 Å². The van der Waals surface area contributed by atoms with Crippen LogP contribution < -0.4 is 4.90 Å². The third-order valence-electron chi connectivity index (χ3n) is 4.72. The lowest BCUT2D eigenvalue weighted by atomic mass is 10.0. The molecule has 0 saturated carbocycles. The van der Waals surface area contributed by atoms with Gasteiger partial charge in [-0.2, -0.15) is 14.9 Å². The highest BCUT2D eigenvalue weighted by atomic mass is 79.9. The van der Waals surface area contributed by atoms with Gasteiger partial charge in [-0.05, 0) is 41.1 Å². The highest BCUT2D eigenvalue weighted by Gasteiger charge is 2.31. The van der Waals surface area contributed by atoms with Crippen molar-refractivity contribution in [3.63, 3.8) is 0 Å². The predicted octanol–water partition coefficient (Wildman–Crippen LogP) is 3.51. The molecule has 1 saturated heterocycles. The normalized spacial score (nSPS) is 19.6. The zero-order chi connectivity index (χ0) is 20.7. The third kappa shape index (κ3) is 3.42. The number of nitriles is 1. The second kappa shape index (κ2) is 7.59. The standard InChI is InChI=1S/C20H16BrClN6O/c1-3-24-17-7-13(22)5-4-12(17)6-15-11(2)25-19-16(8-23)18(21)26-28(19)20(15)27-9-14(29)10-27/h3-7,14,29H,1,9-10H2,2H3/b12-6+,24-17?. The number of aliphatic hydroxyl groups excluding tert-OH is 1. The van der Waals surface area contributed by atoms with E-state index in [1.807, 2.05) is 24.0 Å². The molecule has 2 aromatic rings. The van der Waals surface area contributed by atoms with Crippen LogP contribution in [0.15, 0.2) is 51.2 Å². The summed E-state index contributed by atoms with van der Waals surface area (Å²) in [5, 5.41) is 24.4. The van der Waals surface area contributed by atoms with Gasteiger partial charge in [0.05, 0.1) is 17.5 Å². The molecule has 4 rings (SSSR count). The first-order chi connectivity index (χ1) is 13.9. The van der Waals surface area contributed by atoms with Crippen molar-refractivity contribution >= 4 is 50.8 Å². The molecule has 3 heterocycles. The monoisotopic (exact) mass is 470 g/mol. The van der Waals surface area contributed by atoms with E-state index in [2.05, 4.69) is 43.7 Å². The van der Waals surface area contributed by atoms with Crippen molar-refractivity contribution in [2.75, 3.05) is 18.0 Å². The van der Waals surface area contributed by atoms with Gasteiger partial charge in [-0.15, -0.1) is 0 Å². The van der Waals surface area contributed by atoms with E-state index in [9.17, 15) is 10.4 Å². The molecule has 0 bridgehead atoms. The summed E-state index contributed by atoms with van der Waals surface area (Å²) >= 11 is 9.47. The Hall–Kier alpha value is -2.73. The lowest BCUT2D eigenvalue weighted by Gasteiger charge is -2.38. The molecule has 0 amide bonds. The average molecular weight is 472 g/mol. The van der Waals surface area contributed by atoms with Gasteiger partial charge in [-0.1, -0.05) is 24.3 Å². The van der Waals surface area contributed by atoms with Crippen molar-refractivity contribution < 1.29 is 5.11 Å². The number of aliphatic imine (C=N–C) groups is 1. The Morgan fingerprint density at radius 1 is 1.45 bits per heavy atom. The van der Waals surface area contributed by atoms with Gasteiger partial charge >= 0.3 is 0 Å². The molecule has 0 unspecified atom stereocenters. The Morgan fingerprint density at radius 2 is 2.21 bits per heavy atom. The minimum atomic E-state index is -0.400. The molecule has 1 aliphatic heterocycles. The van der Waals surface area contributed by atoms with E-state index >= 15 is 0 Å². The molecule has 2 aliphatic rings. The Morgan fingerprint density at radius 3 is 2.86 bits per heavy atom. The van der Waals surface area contributed by atoms with Crippen LogP contribution in [0.5, 0.6) is 0 Å². The molecule has 0 atom stereocenters. The summed E-state index contributed by atoms with van der Waals surface area (Å²) in [5.41, 5.74) is 3.92. The summed E-state index contributed by atoms with van der Waals surface area (Å²) in [7, 11) is 0. The second-order valence-electron chi connectivity index (χ2n) is 6.67. The molecule has 0 radical (unpaired) electrons. The van der Waals surface area contributed by atoms with Crippen LogP contribution in [0.2, 0.25) is 0 Å². The molecule has 0 aromatic carbocycles. The van der Waals surface area contributed by atoms with Crippen molar-refractivity contribution in [1.82, 2.24) is 14.6 Å². The summed E-state index contributed by atoms with van der Waals surface area (Å²) < 4.78 is 2.08. The maximum Gasteiger partial charge on any atom is 0.176 e. The van der Waals surface area contributed by atoms with E-state index in [0.717, 1.165) is 22.6 Å². The van der Waals surface area contributed by atoms with Crippen molar-refractivity contribution in [2.24, 2.45) is 4.99 Å². The van der Waals surface area contributed by atoms with Crippen LogP contribution in [0, 0.1) is 18.3 Å². The number of allylic oxidation sites excluding steroid dienone is 5. The molecular weight excluding hydrogens is 456 g/mol. The number of fused-ring (bicyclic) bond motifs is 1. The first-order valence-electron chi connectivity index (χ1n) is 8.81. The van der Waals surface area contributed by atoms with Gasteiger partial charge in [0.2, 0.25) is 0 Å². The zero-order valence-corrected chi connectivity index (χ0v) is 17.8. The van der Waals surface area contributed by atoms with Gasteiger partial charge in [0.25, 0.3) is 0 Å². The number of aryl methyl sites for hydroxylation is 1. The molecule has 29 heavy (non-hydrogen) atoms. The van der Waals surface area contributed by atoms with Gasteiger partial charge < -0.3 is 10.0 Å². The molecule has 1 aliphatic carbocycles. The van der Waals surface area contributed by atoms with Crippen LogP contribution in [0.4, 0.5) is 5.82 Å². The Labute approximate surface area is 180 Å². The maximum absolute atomic E-state index is 9.85. The topological polar surface area (TPSA) is 89.8 Å². The van der Waals surface area contributed by atoms with Crippen LogP contribution in [0.25, 0.3) is 11.7 Å². The summed E-state index contributed by atoms with van der Waals surface area (Å²) in [6.45, 7) is 6.50. The maximum atomic E-state index is 9.85. The van der Waals surface area contributed by atoms with Gasteiger partial charge in [0.15, 0.2) is 5.65 Å². The number of hydrogen-bond donors (Lipinski definition) is 1. The van der Waals surface area contributed by atoms with Gasteiger partial charge in [0, 0.05) is 35.5 Å². The van der Waals surface area contributed by atoms with E-state index in [1.165, 1.54) is 6.20 Å². The van der Waals surface area contributed by atoms with Crippen molar-refractivity contribution in [3.05, 3.63) is 63.0 Å². The number of aliphatic hydroxyl groups is 1. The van der Waals surface area contributed by atoms with Crippen molar-refractivity contribution in [1.29, 1.82) is 5.26 Å². The molecule has 2 aromatic heterocycles. The van der Waals surface area contributed by atoms with Gasteiger partial charge in [-0.3, -0.25) is 4.99 Å². The SMILES string of the molecule is C=CN=C1C=C(Cl)C=C/C1=C\c1c(C)nc2c(C#N)c(Br)nn2c1N1CC(O)C1. The summed E-state index contributed by atoms with van der Waals surface area (Å²) in [6, 6.07) is 2.15. The number of halogens is 2. The first kappa shape index (κ1) is 19.6. The number of β-amino-alcohol motifs (C(OH)–C–C–N with tert-alkyl or cyclic N) is 1. The van der Waals surface area contributed by atoms with Crippen LogP contribution in [-0.4, -0.2) is 44.6 Å². The largest absolute Gasteiger partial charge is 0.389 e. The van der Waals surface area contributed by atoms with E-state index < -0.39 is 6.10 Å². The number of rotatable bonds is 3. The number of anilines is 1. The fraction of sp³-hybridized carbons (Fsp3) is 0.200. The Bertz CT molecular complexity index is 1190. The minimum Gasteiger partial charge on any atom is -0.389 e. The van der Waals surface area contributed by atoms with Crippen LogP contribution >= 0.6 is 27.5 Å². The average Bonchev–Trinajstić information content (AvgIpc) is 2.97. The second-order valence-corrected chi connectivity index (χ2v) is 7.85. The number of nitrogens with zero attached hydrogens (tertiary/aromatic N) is 6. The first-order valence-corrected chi connectivity index (χ1v) is 9.98. The predicted molar refractivity (Wildman–Crippen MR) is 117 cm³/mol. The molecule has 0 spiro atoms. The lowest BCUT2D eigenvalue weighted by molar-refractivity contribution is 0.141. The smallest absolute Gasteiger partial charge is 0.176 e. The molecule has 7 nitrogen and oxygen atoms in total. The van der Waals surface area contributed by atoms with Crippen LogP contribution in [0.1, 0.15) is 16.8 Å². The molecule has 1 N–H and O–H groups in total. The van der Waals surface area contributed by atoms with Gasteiger partial charge in [0.1, 0.15) is 22.1 Å². The summed E-state index contributed by atoms with van der Waals surface area (Å²) in [5.74, 6) is 0.763. The van der Waals surface area contributed by atoms with Crippen molar-refractivity contribution in [3.8, 4) is 6.07 Å². The Kier molecular flexibility index (Phi) is 5.13. The van der Waals surface area contributed by atoms with Crippen LogP contribution in [0.3, 0.4) is 0 Å². The zero-order valence-electron chi connectivity index (χ0n) is 15.5. The Balaban J connectivity index is 1.97. The van der Waals surface area contributed by atoms with Crippen molar-refractivity contribution in [2.45, 2.75) is 13.0 Å². The molecule has 146 valence electrons. The third-order valence-corrected chi connectivity index (χ3v) is 5.51. The number of aromatic nitrogens is 3. The number of hydrogen-bond acceptors (Lipinski definition) is 6. The lowest BCUT2D eigenvalue weighted by Crippen LogP contribution is -2.52. The van der Waals surface area contributed by atoms with Crippen LogP contribution in [-0.2, 0) is 0 Å². The fourth-order valence-electron chi connectivity index (χ4n) is 3.33. The minimum absolute atomic E-state index is 0.371. The van der Waals surface area contributed by atoms with Gasteiger partial charge in [-0.25, -0.2) is 4.98 Å². The quantitative estimate of drug-likeness (QED) is 0.740. The highest BCUT2D eigenvalue weighted by Crippen LogP contribution is 2.33. The molecule has 1 fully saturated rings. The van der Waals surface area contributed by atoms with E-state index in [-0.39, 0.29) is 0 Å².